The van der Waals surface area contributed by atoms with E-state index in [1.165, 1.54) is 6.92 Å². The number of phosphoric acid groups is 3. The topological polar surface area (TPSA) is 244 Å². The molecule has 0 aromatic carbocycles. The number of aromatic nitrogens is 2. The Kier molecular flexibility index (Phi) is 7.83. The lowest BCUT2D eigenvalue weighted by Gasteiger charge is -2.26. The van der Waals surface area contributed by atoms with Crippen molar-refractivity contribution in [3.05, 3.63) is 32.6 Å². The quantitative estimate of drug-likeness (QED) is 0.132. The van der Waals surface area contributed by atoms with E-state index in [0.29, 0.717) is 0 Å². The largest absolute Gasteiger partial charge is 0.490 e. The predicted molar refractivity (Wildman–Crippen MR) is 103 cm³/mol. The van der Waals surface area contributed by atoms with Gasteiger partial charge in [0.05, 0.1) is 6.61 Å². The number of ether oxygens (including phenoxy) is 1. The Bertz CT molecular complexity index is 1180. The molecule has 1 aromatic rings. The fraction of sp³-hybridized carbons (Fsp3) is 0.500. The summed E-state index contributed by atoms with van der Waals surface area (Å²) >= 11 is 6.24. The summed E-state index contributed by atoms with van der Waals surface area (Å²) in [7, 11) is -16.9. The van der Waals surface area contributed by atoms with Crippen LogP contribution in [0.25, 0.3) is 0 Å². The molecule has 1 aromatic heterocycles. The molecule has 0 aliphatic carbocycles. The first kappa shape index (κ1) is 27.1. The first-order chi connectivity index (χ1) is 14.4. The van der Waals surface area contributed by atoms with Gasteiger partial charge in [-0.1, -0.05) is 17.5 Å². The van der Waals surface area contributed by atoms with Crippen molar-refractivity contribution >= 4 is 35.1 Å². The number of hydrogen-bond acceptors (Lipinski definition) is 10. The Morgan fingerprint density at radius 2 is 1.84 bits per heavy atom. The number of H-pyrrole nitrogens is 1. The average Bonchev–Trinajstić information content (AvgIpc) is 2.81. The van der Waals surface area contributed by atoms with Crippen molar-refractivity contribution in [3.8, 4) is 12.3 Å². The standard InChI is InChI=1S/C12H16ClN2O14P3/c1-3-12(13)9(17)7(27-10(12)15-6(2)4-8(16)14-11(15)18)5-26-31(22,23)29-32(24,25)28-30(19,20)21/h1,4,7,9-10,17H,5H2,2H3,(H,22,23)(H,24,25)(H,14,16,18)(H2,19,20,21)/t7-,9+,10-,12?/m1/s1. The fourth-order valence-corrected chi connectivity index (χ4v) is 5.99. The van der Waals surface area contributed by atoms with Crippen molar-refractivity contribution in [3.63, 3.8) is 0 Å². The highest BCUT2D eigenvalue weighted by Gasteiger charge is 2.56. The van der Waals surface area contributed by atoms with E-state index in [1.54, 1.807) is 0 Å². The van der Waals surface area contributed by atoms with Crippen LogP contribution in [0.2, 0.25) is 0 Å². The zero-order chi connectivity index (χ0) is 24.7. The lowest BCUT2D eigenvalue weighted by Crippen LogP contribution is -2.45. The number of nitrogens with one attached hydrogen (secondary N) is 1. The molecule has 180 valence electrons. The van der Waals surface area contributed by atoms with Gasteiger partial charge in [-0.15, -0.1) is 6.42 Å². The van der Waals surface area contributed by atoms with Crippen LogP contribution >= 0.6 is 35.1 Å². The second kappa shape index (κ2) is 9.25. The molecule has 3 unspecified atom stereocenters. The van der Waals surface area contributed by atoms with Crippen molar-refractivity contribution in [2.45, 2.75) is 30.2 Å². The predicted octanol–water partition coefficient (Wildman–Crippen LogP) is -0.943. The minimum absolute atomic E-state index is 0.0322. The molecule has 1 aliphatic rings. The van der Waals surface area contributed by atoms with Gasteiger partial charge in [0.2, 0.25) is 0 Å². The molecular weight excluding hydrogens is 525 g/mol. The number of terminal acetylenes is 1. The number of aliphatic hydroxyl groups excluding tert-OH is 1. The molecule has 0 saturated carbocycles. The minimum Gasteiger partial charge on any atom is -0.387 e. The SMILES string of the molecule is C#CC1(Cl)[C@@H](O)[C@@H](COP(=O)(O)OP(=O)(O)OP(=O)(O)O)O[C@H]1n1c(C)cc(=O)[nH]c1=O. The van der Waals surface area contributed by atoms with E-state index in [4.69, 9.17) is 37.4 Å². The number of alkyl halides is 1. The number of aryl methyl sites for hydroxylation is 1. The molecule has 0 bridgehead atoms. The molecule has 6 atom stereocenters. The van der Waals surface area contributed by atoms with Crippen molar-refractivity contribution in [2.75, 3.05) is 6.61 Å². The molecular formula is C12H16ClN2O14P3. The molecule has 0 amide bonds. The molecule has 32 heavy (non-hydrogen) atoms. The summed E-state index contributed by atoms with van der Waals surface area (Å²) < 4.78 is 51.5. The third-order valence-electron chi connectivity index (χ3n) is 3.89. The van der Waals surface area contributed by atoms with Crippen LogP contribution < -0.4 is 11.2 Å². The van der Waals surface area contributed by atoms with Crippen LogP contribution in [-0.4, -0.2) is 57.9 Å². The summed E-state index contributed by atoms with van der Waals surface area (Å²) in [6.07, 6.45) is 0.270. The first-order valence-corrected chi connectivity index (χ1v) is 12.9. The molecule has 1 fully saturated rings. The van der Waals surface area contributed by atoms with Crippen LogP contribution in [-0.2, 0) is 31.6 Å². The van der Waals surface area contributed by atoms with Crippen molar-refractivity contribution in [1.29, 1.82) is 0 Å². The zero-order valence-corrected chi connectivity index (χ0v) is 19.1. The Balaban J connectivity index is 2.24. The number of phosphoric ester groups is 1. The van der Waals surface area contributed by atoms with Gasteiger partial charge in [0, 0.05) is 11.8 Å². The van der Waals surface area contributed by atoms with Gasteiger partial charge in [0.25, 0.3) is 5.56 Å². The van der Waals surface area contributed by atoms with Gasteiger partial charge in [0.15, 0.2) is 11.1 Å². The lowest BCUT2D eigenvalue weighted by molar-refractivity contribution is -0.0462. The smallest absolute Gasteiger partial charge is 0.387 e. The number of hydrogen-bond donors (Lipinski definition) is 6. The average molecular weight is 541 g/mol. The summed E-state index contributed by atoms with van der Waals surface area (Å²) in [5, 5.41) is 10.4. The maximum atomic E-state index is 12.2. The van der Waals surface area contributed by atoms with Crippen LogP contribution in [0.3, 0.4) is 0 Å². The first-order valence-electron chi connectivity index (χ1n) is 8.02. The third kappa shape index (κ3) is 6.25. The zero-order valence-electron chi connectivity index (χ0n) is 15.7. The summed E-state index contributed by atoms with van der Waals surface area (Å²) in [5.74, 6) is 2.03. The molecule has 16 nitrogen and oxygen atoms in total. The van der Waals surface area contributed by atoms with Crippen molar-refractivity contribution in [2.24, 2.45) is 0 Å². The summed E-state index contributed by atoms with van der Waals surface area (Å²) in [5.41, 5.74) is -1.71. The summed E-state index contributed by atoms with van der Waals surface area (Å²) in [6, 6.07) is 1.00. The molecule has 20 heteroatoms. The lowest BCUT2D eigenvalue weighted by atomic mass is 9.99. The Hall–Kier alpha value is -1.14. The van der Waals surface area contributed by atoms with E-state index in [2.05, 4.69) is 13.1 Å². The number of halogens is 1. The number of aliphatic hydroxyl groups is 1. The molecule has 0 spiro atoms. The molecule has 0 radical (unpaired) electrons. The van der Waals surface area contributed by atoms with E-state index in [0.717, 1.165) is 10.6 Å². The maximum Gasteiger partial charge on any atom is 0.490 e. The van der Waals surface area contributed by atoms with E-state index < -0.39 is 64.6 Å². The molecule has 1 aliphatic heterocycles. The van der Waals surface area contributed by atoms with Gasteiger partial charge in [-0.05, 0) is 6.92 Å². The second-order valence-electron chi connectivity index (χ2n) is 6.22. The number of nitrogens with zero attached hydrogens (tertiary/aromatic N) is 1. The van der Waals surface area contributed by atoms with Crippen LogP contribution in [0, 0.1) is 19.3 Å². The Morgan fingerprint density at radius 1 is 1.25 bits per heavy atom. The van der Waals surface area contributed by atoms with Crippen LogP contribution in [0.5, 0.6) is 0 Å². The fourth-order valence-electron chi connectivity index (χ4n) is 2.67. The van der Waals surface area contributed by atoms with Crippen molar-refractivity contribution in [1.82, 2.24) is 9.55 Å². The normalized spacial score (nSPS) is 29.8. The van der Waals surface area contributed by atoms with E-state index >= 15 is 0 Å². The van der Waals surface area contributed by atoms with E-state index in [-0.39, 0.29) is 5.69 Å². The Morgan fingerprint density at radius 3 is 2.34 bits per heavy atom. The van der Waals surface area contributed by atoms with Gasteiger partial charge in [-0.25, -0.2) is 18.5 Å². The maximum absolute atomic E-state index is 12.2. The monoisotopic (exact) mass is 540 g/mol. The Labute approximate surface area is 183 Å². The minimum atomic E-state index is -5.76. The molecule has 2 rings (SSSR count). The summed E-state index contributed by atoms with van der Waals surface area (Å²) in [4.78, 5) is 59.1. The van der Waals surface area contributed by atoms with E-state index in [9.17, 15) is 33.3 Å². The van der Waals surface area contributed by atoms with Crippen LogP contribution in [0.1, 0.15) is 11.9 Å². The highest BCUT2D eigenvalue weighted by atomic mass is 35.5. The van der Waals surface area contributed by atoms with Gasteiger partial charge in [-0.3, -0.25) is 18.9 Å². The van der Waals surface area contributed by atoms with E-state index in [1.807, 2.05) is 10.9 Å². The van der Waals surface area contributed by atoms with Crippen LogP contribution in [0.15, 0.2) is 15.7 Å². The molecule has 1 saturated heterocycles. The van der Waals surface area contributed by atoms with Gasteiger partial charge < -0.3 is 29.4 Å². The number of rotatable bonds is 8. The highest BCUT2D eigenvalue weighted by Crippen LogP contribution is 2.66. The molecule has 6 N–H and O–H groups in total. The third-order valence-corrected chi connectivity index (χ3v) is 8.21. The van der Waals surface area contributed by atoms with Crippen LogP contribution in [0.4, 0.5) is 0 Å². The summed E-state index contributed by atoms with van der Waals surface area (Å²) in [6.45, 7) is 0.258. The number of aromatic amines is 1. The highest BCUT2D eigenvalue weighted by molar-refractivity contribution is 7.66. The van der Waals surface area contributed by atoms with Crippen molar-refractivity contribution < 1.29 is 56.3 Å². The second-order valence-corrected chi connectivity index (χ2v) is 11.3. The van der Waals surface area contributed by atoms with Gasteiger partial charge >= 0.3 is 29.2 Å². The van der Waals surface area contributed by atoms with Gasteiger partial charge in [0.1, 0.15) is 12.2 Å². The molecule has 2 heterocycles. The van der Waals surface area contributed by atoms with Gasteiger partial charge in [-0.2, -0.15) is 8.62 Å².